The second-order valence-electron chi connectivity index (χ2n) is 8.82. The van der Waals surface area contributed by atoms with Gasteiger partial charge in [-0.25, -0.2) is 9.79 Å². The molecular weight excluding hydrogens is 638 g/mol. The van der Waals surface area contributed by atoms with Gasteiger partial charge in [0.1, 0.15) is 17.3 Å². The first-order chi connectivity index (χ1) is 19.6. The van der Waals surface area contributed by atoms with Gasteiger partial charge < -0.3 is 13.9 Å². The van der Waals surface area contributed by atoms with E-state index in [4.69, 9.17) is 25.5 Å². The van der Waals surface area contributed by atoms with Crippen molar-refractivity contribution in [2.45, 2.75) is 19.9 Å². The predicted molar refractivity (Wildman–Crippen MR) is 157 cm³/mol. The zero-order chi connectivity index (χ0) is 29.4. The lowest BCUT2D eigenvalue weighted by molar-refractivity contribution is -0.384. The molecule has 0 aliphatic carbocycles. The van der Waals surface area contributed by atoms with Crippen molar-refractivity contribution in [1.29, 1.82) is 0 Å². The third kappa shape index (κ3) is 5.37. The fourth-order valence-corrected chi connectivity index (χ4v) is 6.28. The minimum Gasteiger partial charge on any atom is -0.496 e. The molecule has 0 saturated carbocycles. The van der Waals surface area contributed by atoms with Crippen molar-refractivity contribution in [2.24, 2.45) is 4.99 Å². The van der Waals surface area contributed by atoms with Crippen LogP contribution in [-0.2, 0) is 9.53 Å². The molecule has 2 aromatic carbocycles. The molecule has 0 spiro atoms. The molecule has 41 heavy (non-hydrogen) atoms. The highest BCUT2D eigenvalue weighted by Gasteiger charge is 2.33. The number of ether oxygens (including phenoxy) is 2. The van der Waals surface area contributed by atoms with Crippen molar-refractivity contribution >= 4 is 56.6 Å². The first-order valence-corrected chi connectivity index (χ1v) is 14.2. The molecule has 1 unspecified atom stereocenters. The third-order valence-electron chi connectivity index (χ3n) is 6.33. The molecule has 0 N–H and O–H groups in total. The number of benzene rings is 2. The van der Waals surface area contributed by atoms with Crippen molar-refractivity contribution in [3.63, 3.8) is 0 Å². The van der Waals surface area contributed by atoms with Gasteiger partial charge >= 0.3 is 5.97 Å². The van der Waals surface area contributed by atoms with Gasteiger partial charge in [-0.05, 0) is 71.7 Å². The molecular formula is C28H21BrClN3O7S. The highest BCUT2D eigenvalue weighted by molar-refractivity contribution is 9.10. The number of allylic oxidation sites excluding steroid dienone is 1. The average Bonchev–Trinajstić information content (AvgIpc) is 3.52. The lowest BCUT2D eigenvalue weighted by atomic mass is 9.96. The smallest absolute Gasteiger partial charge is 0.338 e. The number of carbonyl (C=O) groups is 1. The van der Waals surface area contributed by atoms with Crippen LogP contribution >= 0.6 is 38.9 Å². The summed E-state index contributed by atoms with van der Waals surface area (Å²) >= 11 is 10.6. The molecule has 0 radical (unpaired) electrons. The Kier molecular flexibility index (Phi) is 7.98. The standard InChI is InChI=1S/C28H21BrClN3O7S/c1-4-39-27(35)24-14(2)31-28-32(25(24)15-5-9-22(38-3)19(29)11-15)26(34)23(41-28)13-17-7-10-21(40-17)18-8-6-16(30)12-20(18)33(36)37/h5-13,25H,4H2,1-3H3/b23-13+. The summed E-state index contributed by atoms with van der Waals surface area (Å²) in [6.07, 6.45) is 1.54. The Balaban J connectivity index is 1.65. The maximum atomic E-state index is 13.8. The number of methoxy groups -OCH3 is 1. The fraction of sp³-hybridized carbons (Fsp3) is 0.179. The van der Waals surface area contributed by atoms with Crippen LogP contribution in [0.15, 0.2) is 78.5 Å². The van der Waals surface area contributed by atoms with Crippen molar-refractivity contribution in [2.75, 3.05) is 13.7 Å². The number of esters is 1. The summed E-state index contributed by atoms with van der Waals surface area (Å²) in [6, 6.07) is 12.0. The van der Waals surface area contributed by atoms with Gasteiger partial charge in [-0.15, -0.1) is 0 Å². The van der Waals surface area contributed by atoms with E-state index in [1.807, 2.05) is 0 Å². The monoisotopic (exact) mass is 657 g/mol. The van der Waals surface area contributed by atoms with Gasteiger partial charge in [0.05, 0.1) is 50.5 Å². The minimum absolute atomic E-state index is 0.158. The molecule has 4 aromatic rings. The van der Waals surface area contributed by atoms with Crippen molar-refractivity contribution in [1.82, 2.24) is 4.57 Å². The SMILES string of the molecule is CCOC(=O)C1=C(C)N=c2s/c(=C/c3ccc(-c4ccc(Cl)cc4[N+](=O)[O-])o3)c(=O)n2C1c1ccc(OC)c(Br)c1. The van der Waals surface area contributed by atoms with E-state index < -0.39 is 22.5 Å². The molecule has 1 aliphatic heterocycles. The van der Waals surface area contributed by atoms with Crippen molar-refractivity contribution in [3.8, 4) is 17.1 Å². The van der Waals surface area contributed by atoms with Gasteiger partial charge in [0, 0.05) is 17.2 Å². The number of rotatable bonds is 7. The van der Waals surface area contributed by atoms with Crippen LogP contribution in [0.3, 0.4) is 0 Å². The summed E-state index contributed by atoms with van der Waals surface area (Å²) in [5, 5.41) is 11.8. The van der Waals surface area contributed by atoms with Crippen LogP contribution in [0.1, 0.15) is 31.2 Å². The van der Waals surface area contributed by atoms with Crippen molar-refractivity contribution < 1.29 is 23.6 Å². The number of halogens is 2. The van der Waals surface area contributed by atoms with Gasteiger partial charge in [0.2, 0.25) is 0 Å². The molecule has 0 fully saturated rings. The molecule has 0 saturated heterocycles. The van der Waals surface area contributed by atoms with Crippen LogP contribution in [0.4, 0.5) is 5.69 Å². The van der Waals surface area contributed by atoms with Gasteiger partial charge in [0.15, 0.2) is 4.80 Å². The van der Waals surface area contributed by atoms with Crippen LogP contribution in [-0.4, -0.2) is 29.2 Å². The number of nitro groups is 1. The number of hydrogen-bond donors (Lipinski definition) is 0. The summed E-state index contributed by atoms with van der Waals surface area (Å²) in [4.78, 5) is 42.9. The molecule has 2 aromatic heterocycles. The third-order valence-corrected chi connectivity index (χ3v) is 8.17. The number of carbonyl (C=O) groups excluding carboxylic acids is 1. The predicted octanol–water partition coefficient (Wildman–Crippen LogP) is 5.39. The quantitative estimate of drug-likeness (QED) is 0.148. The number of nitro benzene ring substituents is 1. The topological polar surface area (TPSA) is 126 Å². The fourth-order valence-electron chi connectivity index (χ4n) is 4.53. The highest BCUT2D eigenvalue weighted by Crippen LogP contribution is 2.36. The van der Waals surface area contributed by atoms with Crippen molar-refractivity contribution in [3.05, 3.63) is 110 Å². The Morgan fingerprint density at radius 3 is 2.73 bits per heavy atom. The second kappa shape index (κ2) is 11.5. The molecule has 13 heteroatoms. The Hall–Kier alpha value is -4.00. The Morgan fingerprint density at radius 2 is 2.05 bits per heavy atom. The second-order valence-corrected chi connectivity index (χ2v) is 11.1. The van der Waals surface area contributed by atoms with E-state index in [0.717, 1.165) is 11.3 Å². The van der Waals surface area contributed by atoms with E-state index in [-0.39, 0.29) is 34.2 Å². The van der Waals surface area contributed by atoms with E-state index in [2.05, 4.69) is 20.9 Å². The molecule has 210 valence electrons. The van der Waals surface area contributed by atoms with E-state index in [9.17, 15) is 19.7 Å². The van der Waals surface area contributed by atoms with Crippen LogP contribution in [0.5, 0.6) is 5.75 Å². The molecule has 1 atom stereocenters. The summed E-state index contributed by atoms with van der Waals surface area (Å²) in [5.74, 6) is 0.572. The summed E-state index contributed by atoms with van der Waals surface area (Å²) in [5.41, 5.74) is 0.987. The number of thiazole rings is 1. The summed E-state index contributed by atoms with van der Waals surface area (Å²) in [6.45, 7) is 3.57. The summed E-state index contributed by atoms with van der Waals surface area (Å²) in [7, 11) is 1.54. The van der Waals surface area contributed by atoms with Gasteiger partial charge in [0.25, 0.3) is 11.2 Å². The largest absolute Gasteiger partial charge is 0.496 e. The Labute approximate surface area is 250 Å². The first-order valence-electron chi connectivity index (χ1n) is 12.2. The lowest BCUT2D eigenvalue weighted by Gasteiger charge is -2.25. The molecule has 3 heterocycles. The van der Waals surface area contributed by atoms with Crippen LogP contribution in [0, 0.1) is 10.1 Å². The number of fused-ring (bicyclic) bond motifs is 1. The minimum atomic E-state index is -0.807. The number of nitrogens with zero attached hydrogens (tertiary/aromatic N) is 3. The molecule has 0 amide bonds. The first kappa shape index (κ1) is 28.5. The van der Waals surface area contributed by atoms with Crippen LogP contribution < -0.4 is 19.6 Å². The van der Waals surface area contributed by atoms with Gasteiger partial charge in [-0.2, -0.15) is 0 Å². The van der Waals surface area contributed by atoms with E-state index >= 15 is 0 Å². The Bertz CT molecular complexity index is 1920. The zero-order valence-corrected chi connectivity index (χ0v) is 25.0. The number of hydrogen-bond acceptors (Lipinski definition) is 9. The molecule has 0 bridgehead atoms. The maximum Gasteiger partial charge on any atom is 0.338 e. The van der Waals surface area contributed by atoms with Crippen LogP contribution in [0.25, 0.3) is 17.4 Å². The van der Waals surface area contributed by atoms with E-state index in [1.54, 1.807) is 57.4 Å². The summed E-state index contributed by atoms with van der Waals surface area (Å²) < 4.78 is 19.0. The highest BCUT2D eigenvalue weighted by atomic mass is 79.9. The zero-order valence-electron chi connectivity index (χ0n) is 21.8. The van der Waals surface area contributed by atoms with E-state index in [0.29, 0.717) is 36.6 Å². The van der Waals surface area contributed by atoms with E-state index in [1.165, 1.54) is 22.8 Å². The average molecular weight is 659 g/mol. The van der Waals surface area contributed by atoms with Gasteiger partial charge in [-0.1, -0.05) is 29.0 Å². The number of aromatic nitrogens is 1. The molecule has 1 aliphatic rings. The maximum absolute atomic E-state index is 13.8. The molecule has 10 nitrogen and oxygen atoms in total. The van der Waals surface area contributed by atoms with Crippen LogP contribution in [0.2, 0.25) is 5.02 Å². The number of furan rings is 1. The normalized spacial score (nSPS) is 15.0. The van der Waals surface area contributed by atoms with Gasteiger partial charge in [-0.3, -0.25) is 19.5 Å². The molecule has 5 rings (SSSR count). The lowest BCUT2D eigenvalue weighted by Crippen LogP contribution is -2.39. The Morgan fingerprint density at radius 1 is 1.27 bits per heavy atom.